The molecule has 0 unspecified atom stereocenters. The van der Waals surface area contributed by atoms with Gasteiger partial charge in [0.2, 0.25) is 11.8 Å². The lowest BCUT2D eigenvalue weighted by molar-refractivity contribution is -0.120. The van der Waals surface area contributed by atoms with Gasteiger partial charge in [-0.05, 0) is 24.3 Å². The van der Waals surface area contributed by atoms with Crippen molar-refractivity contribution in [2.24, 2.45) is 0 Å². The second-order valence-corrected chi connectivity index (χ2v) is 6.09. The first kappa shape index (κ1) is 30.7. The zero-order valence-corrected chi connectivity index (χ0v) is 20.6. The summed E-state index contributed by atoms with van der Waals surface area (Å²) in [5, 5.41) is 4.81. The molecule has 188 valence electrons. The van der Waals surface area contributed by atoms with Gasteiger partial charge in [0.05, 0.1) is 28.9 Å². The van der Waals surface area contributed by atoms with E-state index in [2.05, 4.69) is 20.1 Å². The van der Waals surface area contributed by atoms with E-state index in [1.54, 1.807) is 48.5 Å². The quantitative estimate of drug-likeness (QED) is 0.374. The summed E-state index contributed by atoms with van der Waals surface area (Å²) in [5.74, 6) is -2.50. The molecule has 0 saturated carbocycles. The van der Waals surface area contributed by atoms with Gasteiger partial charge in [0.1, 0.15) is 0 Å². The maximum atomic E-state index is 10.8. The number of benzene rings is 2. The molecule has 2 heterocycles. The average Bonchev–Trinajstić information content (AvgIpc) is 3.31. The van der Waals surface area contributed by atoms with Gasteiger partial charge in [0.15, 0.2) is 0 Å². The third-order valence-corrected chi connectivity index (χ3v) is 3.78. The van der Waals surface area contributed by atoms with Crippen molar-refractivity contribution in [1.82, 2.24) is 10.6 Å². The number of rotatable bonds is 2. The van der Waals surface area contributed by atoms with Gasteiger partial charge in [0.25, 0.3) is 0 Å². The molecule has 2 amide bonds. The fraction of sp³-hybridized carbons (Fsp3) is 0.280. The van der Waals surface area contributed by atoms with Gasteiger partial charge in [-0.2, -0.15) is 0 Å². The summed E-state index contributed by atoms with van der Waals surface area (Å²) in [7, 11) is 0. The molecule has 35 heavy (non-hydrogen) atoms. The molecule has 2 aromatic rings. The number of cyclic esters (lactones) is 4. The molecule has 2 aliphatic heterocycles. The van der Waals surface area contributed by atoms with Crippen molar-refractivity contribution in [2.45, 2.75) is 41.5 Å². The predicted molar refractivity (Wildman–Crippen MR) is 128 cm³/mol. The van der Waals surface area contributed by atoms with Crippen molar-refractivity contribution < 1.29 is 38.2 Å². The summed E-state index contributed by atoms with van der Waals surface area (Å²) in [6, 6.07) is 13.1. The number of carbonyl (C=O) groups excluding carboxylic acids is 6. The lowest BCUT2D eigenvalue weighted by Crippen LogP contribution is -2.34. The maximum absolute atomic E-state index is 10.8. The Morgan fingerprint density at radius 1 is 0.571 bits per heavy atom. The Morgan fingerprint density at radius 2 is 0.800 bits per heavy atom. The Hall–Kier alpha value is -4.34. The van der Waals surface area contributed by atoms with E-state index in [0.717, 1.165) is 0 Å². The minimum absolute atomic E-state index is 0.149. The lowest BCUT2D eigenvalue weighted by atomic mass is 10.1. The molecule has 0 fully saturated rings. The molecule has 10 heteroatoms. The van der Waals surface area contributed by atoms with E-state index < -0.39 is 23.9 Å². The van der Waals surface area contributed by atoms with Crippen molar-refractivity contribution in [3.63, 3.8) is 0 Å². The van der Waals surface area contributed by atoms with E-state index in [9.17, 15) is 28.8 Å². The van der Waals surface area contributed by atoms with Crippen molar-refractivity contribution in [3.8, 4) is 0 Å². The Bertz CT molecular complexity index is 913. The second kappa shape index (κ2) is 16.3. The monoisotopic (exact) mass is 486 g/mol. The summed E-state index contributed by atoms with van der Waals surface area (Å²) in [5.41, 5.74) is 1.44. The van der Waals surface area contributed by atoms with E-state index in [-0.39, 0.29) is 18.5 Å². The molecule has 2 aliphatic rings. The Kier molecular flexibility index (Phi) is 14.3. The van der Waals surface area contributed by atoms with Crippen LogP contribution in [-0.4, -0.2) is 42.4 Å². The van der Waals surface area contributed by atoms with Crippen LogP contribution in [0.2, 0.25) is 0 Å². The van der Waals surface area contributed by atoms with Crippen molar-refractivity contribution in [1.29, 1.82) is 0 Å². The smallest absolute Gasteiger partial charge is 0.346 e. The minimum atomic E-state index is -0.550. The number of esters is 4. The first-order valence-corrected chi connectivity index (χ1v) is 10.9. The number of hydrogen-bond donors (Lipinski definition) is 2. The molecule has 0 radical (unpaired) electrons. The van der Waals surface area contributed by atoms with Crippen LogP contribution >= 0.6 is 0 Å². The number of fused-ring (bicyclic) bond motifs is 2. The molecule has 10 nitrogen and oxygen atoms in total. The first-order chi connectivity index (χ1) is 16.7. The van der Waals surface area contributed by atoms with Crippen LogP contribution in [0.1, 0.15) is 83.0 Å². The highest BCUT2D eigenvalue weighted by atomic mass is 16.6. The molecular formula is C25H30N2O8. The summed E-state index contributed by atoms with van der Waals surface area (Å²) in [6.07, 6.45) is 0. The van der Waals surface area contributed by atoms with E-state index >= 15 is 0 Å². The molecule has 0 saturated heterocycles. The highest BCUT2D eigenvalue weighted by molar-refractivity contribution is 6.15. The zero-order valence-electron chi connectivity index (χ0n) is 20.6. The average molecular weight is 487 g/mol. The Labute approximate surface area is 204 Å². The van der Waals surface area contributed by atoms with E-state index in [1.165, 1.54) is 13.8 Å². The van der Waals surface area contributed by atoms with Crippen LogP contribution < -0.4 is 10.6 Å². The highest BCUT2D eigenvalue weighted by Crippen LogP contribution is 2.19. The fourth-order valence-corrected chi connectivity index (χ4v) is 2.36. The van der Waals surface area contributed by atoms with Gasteiger partial charge in [-0.1, -0.05) is 52.0 Å². The van der Waals surface area contributed by atoms with Crippen molar-refractivity contribution in [2.75, 3.05) is 6.67 Å². The number of ether oxygens (including phenoxy) is 2. The third-order valence-electron chi connectivity index (χ3n) is 3.78. The molecule has 4 rings (SSSR count). The van der Waals surface area contributed by atoms with E-state index in [0.29, 0.717) is 22.3 Å². The van der Waals surface area contributed by atoms with Crippen LogP contribution in [-0.2, 0) is 19.1 Å². The van der Waals surface area contributed by atoms with Gasteiger partial charge in [-0.3, -0.25) is 9.59 Å². The normalized spacial score (nSPS) is 11.6. The van der Waals surface area contributed by atoms with Gasteiger partial charge >= 0.3 is 23.9 Å². The van der Waals surface area contributed by atoms with Crippen LogP contribution in [0, 0.1) is 0 Å². The number of carbonyl (C=O) groups is 6. The van der Waals surface area contributed by atoms with Gasteiger partial charge in [0, 0.05) is 13.8 Å². The second-order valence-electron chi connectivity index (χ2n) is 6.09. The largest absolute Gasteiger partial charge is 0.386 e. The van der Waals surface area contributed by atoms with Crippen LogP contribution in [0.5, 0.6) is 0 Å². The minimum Gasteiger partial charge on any atom is -0.386 e. The van der Waals surface area contributed by atoms with Crippen LogP contribution in [0.3, 0.4) is 0 Å². The van der Waals surface area contributed by atoms with Crippen molar-refractivity contribution >= 4 is 35.7 Å². The predicted octanol–water partition coefficient (Wildman–Crippen LogP) is 3.26. The molecular weight excluding hydrogens is 456 g/mol. The van der Waals surface area contributed by atoms with E-state index in [4.69, 9.17) is 0 Å². The van der Waals surface area contributed by atoms with Crippen LogP contribution in [0.15, 0.2) is 48.5 Å². The third kappa shape index (κ3) is 9.99. The van der Waals surface area contributed by atoms with Crippen LogP contribution in [0.25, 0.3) is 0 Å². The highest BCUT2D eigenvalue weighted by Gasteiger charge is 2.29. The summed E-state index contributed by atoms with van der Waals surface area (Å²) in [4.78, 5) is 63.7. The molecule has 2 N–H and O–H groups in total. The molecule has 0 atom stereocenters. The molecule has 0 aromatic heterocycles. The standard InChI is InChI=1S/2C8H4O3.C5H10N2O2.2C2H6/c2*9-7-5-3-1-2-4-6(5)8(10)11-7;1-4(8)6-3-7-5(2)9;2*1-2/h2*1-4H;3H2,1-2H3,(H,6,8)(H,7,9);2*1-2H3. The first-order valence-electron chi connectivity index (χ1n) is 10.9. The SMILES string of the molecule is CC.CC.CC(=O)NCNC(C)=O.O=C1OC(=O)c2ccccc21.O=C1OC(=O)c2ccccc21. The van der Waals surface area contributed by atoms with Gasteiger partial charge in [-0.25, -0.2) is 19.2 Å². The number of nitrogens with one attached hydrogen (secondary N) is 2. The topological polar surface area (TPSA) is 145 Å². The fourth-order valence-electron chi connectivity index (χ4n) is 2.36. The van der Waals surface area contributed by atoms with E-state index in [1.807, 2.05) is 27.7 Å². The Balaban J connectivity index is 0.000000465. The van der Waals surface area contributed by atoms with Gasteiger partial charge in [-0.15, -0.1) is 0 Å². The maximum Gasteiger partial charge on any atom is 0.346 e. The van der Waals surface area contributed by atoms with Crippen molar-refractivity contribution in [3.05, 3.63) is 70.8 Å². The van der Waals surface area contributed by atoms with Crippen LogP contribution in [0.4, 0.5) is 0 Å². The summed E-state index contributed by atoms with van der Waals surface area (Å²) >= 11 is 0. The lowest BCUT2D eigenvalue weighted by Gasteiger charge is -2.00. The zero-order chi connectivity index (χ0) is 27.0. The van der Waals surface area contributed by atoms with Gasteiger partial charge < -0.3 is 20.1 Å². The summed E-state index contributed by atoms with van der Waals surface area (Å²) < 4.78 is 8.71. The molecule has 2 aromatic carbocycles. The molecule has 0 bridgehead atoms. The number of hydrogen-bond acceptors (Lipinski definition) is 8. The summed E-state index contributed by atoms with van der Waals surface area (Å²) in [6.45, 7) is 11.0. The molecule has 0 aliphatic carbocycles. The Morgan fingerprint density at radius 3 is 1.00 bits per heavy atom. The number of amides is 2. The molecule has 0 spiro atoms.